The highest BCUT2D eigenvalue weighted by Gasteiger charge is 2.06. The molecule has 0 aromatic rings. The molecule has 1 atom stereocenters. The molecule has 4 nitrogen and oxygen atoms in total. The van der Waals surface area contributed by atoms with E-state index in [0.717, 1.165) is 31.3 Å². The minimum atomic E-state index is 0. The van der Waals surface area contributed by atoms with Crippen LogP contribution >= 0.6 is 35.7 Å². The smallest absolute Gasteiger partial charge is 0.191 e. The summed E-state index contributed by atoms with van der Waals surface area (Å²) < 4.78 is 0. The van der Waals surface area contributed by atoms with Gasteiger partial charge in [0.15, 0.2) is 5.96 Å². The van der Waals surface area contributed by atoms with Crippen LogP contribution in [0.2, 0.25) is 0 Å². The minimum absolute atomic E-state index is 0. The van der Waals surface area contributed by atoms with Crippen LogP contribution in [0.4, 0.5) is 0 Å². The quantitative estimate of drug-likeness (QED) is 0.249. The van der Waals surface area contributed by atoms with Gasteiger partial charge in [0, 0.05) is 25.4 Å². The van der Waals surface area contributed by atoms with E-state index in [1.54, 1.807) is 0 Å². The number of aliphatic imine (C=N–C) groups is 1. The molecule has 0 spiro atoms. The normalized spacial score (nSPS) is 13.0. The third kappa shape index (κ3) is 12.1. The van der Waals surface area contributed by atoms with Gasteiger partial charge in [0.2, 0.25) is 0 Å². The fourth-order valence-corrected chi connectivity index (χ4v) is 2.24. The topological polar surface area (TPSA) is 39.7 Å². The Morgan fingerprint density at radius 2 is 1.95 bits per heavy atom. The van der Waals surface area contributed by atoms with Gasteiger partial charge in [-0.25, -0.2) is 0 Å². The molecule has 0 bridgehead atoms. The summed E-state index contributed by atoms with van der Waals surface area (Å²) in [6.45, 7) is 11.1. The van der Waals surface area contributed by atoms with Crippen LogP contribution in [0, 0.1) is 0 Å². The molecular weight excluding hydrogens is 383 g/mol. The minimum Gasteiger partial charge on any atom is -0.356 e. The maximum Gasteiger partial charge on any atom is 0.191 e. The molecule has 0 saturated carbocycles. The Hall–Kier alpha value is 0.310. The first-order chi connectivity index (χ1) is 9.17. The fourth-order valence-electron chi connectivity index (χ4n) is 1.93. The fraction of sp³-hybridized carbons (Fsp3) is 0.929. The Morgan fingerprint density at radius 1 is 1.30 bits per heavy atom. The van der Waals surface area contributed by atoms with Crippen molar-refractivity contribution in [2.45, 2.75) is 39.7 Å². The Morgan fingerprint density at radius 3 is 2.45 bits per heavy atom. The SMILES string of the molecule is CCN(CC)CCCC(C)NC(=NC)NCCSC.I. The van der Waals surface area contributed by atoms with Crippen LogP contribution in [0.5, 0.6) is 0 Å². The van der Waals surface area contributed by atoms with E-state index in [1.807, 2.05) is 18.8 Å². The van der Waals surface area contributed by atoms with E-state index in [0.29, 0.717) is 6.04 Å². The Labute approximate surface area is 147 Å². The van der Waals surface area contributed by atoms with Gasteiger partial charge in [0.25, 0.3) is 0 Å². The predicted molar refractivity (Wildman–Crippen MR) is 105 cm³/mol. The van der Waals surface area contributed by atoms with Gasteiger partial charge >= 0.3 is 0 Å². The number of hydrogen-bond acceptors (Lipinski definition) is 3. The van der Waals surface area contributed by atoms with E-state index < -0.39 is 0 Å². The molecule has 0 heterocycles. The van der Waals surface area contributed by atoms with Gasteiger partial charge in [-0.15, -0.1) is 24.0 Å². The van der Waals surface area contributed by atoms with Crippen molar-refractivity contribution in [1.82, 2.24) is 15.5 Å². The van der Waals surface area contributed by atoms with Crippen LogP contribution in [0.25, 0.3) is 0 Å². The van der Waals surface area contributed by atoms with E-state index in [2.05, 4.69) is 47.6 Å². The molecule has 122 valence electrons. The standard InChI is InChI=1S/C14H32N4S.HI/c1-6-18(7-2)11-8-9-13(3)17-14(15-4)16-10-12-19-5;/h13H,6-12H2,1-5H3,(H2,15,16,17);1H. The monoisotopic (exact) mass is 416 g/mol. The average Bonchev–Trinajstić information content (AvgIpc) is 2.42. The van der Waals surface area contributed by atoms with Crippen molar-refractivity contribution in [1.29, 1.82) is 0 Å². The van der Waals surface area contributed by atoms with Gasteiger partial charge in [-0.3, -0.25) is 4.99 Å². The largest absolute Gasteiger partial charge is 0.356 e. The number of thioether (sulfide) groups is 1. The molecule has 0 radical (unpaired) electrons. The predicted octanol–water partition coefficient (Wildman–Crippen LogP) is 2.64. The number of nitrogens with one attached hydrogen (secondary N) is 2. The van der Waals surface area contributed by atoms with Crippen molar-refractivity contribution < 1.29 is 0 Å². The molecule has 0 aliphatic rings. The molecule has 20 heavy (non-hydrogen) atoms. The zero-order valence-electron chi connectivity index (χ0n) is 13.7. The van der Waals surface area contributed by atoms with Crippen LogP contribution in [-0.2, 0) is 0 Å². The van der Waals surface area contributed by atoms with Crippen LogP contribution in [-0.4, -0.2) is 62.1 Å². The van der Waals surface area contributed by atoms with E-state index >= 15 is 0 Å². The second-order valence-corrected chi connectivity index (χ2v) is 5.69. The molecule has 0 aliphatic carbocycles. The molecule has 0 saturated heterocycles. The van der Waals surface area contributed by atoms with Crippen LogP contribution in [0.3, 0.4) is 0 Å². The lowest BCUT2D eigenvalue weighted by Crippen LogP contribution is -2.43. The molecule has 0 rings (SSSR count). The highest BCUT2D eigenvalue weighted by molar-refractivity contribution is 14.0. The summed E-state index contributed by atoms with van der Waals surface area (Å²) in [7, 11) is 1.83. The van der Waals surface area contributed by atoms with Crippen molar-refractivity contribution in [3.63, 3.8) is 0 Å². The summed E-state index contributed by atoms with van der Waals surface area (Å²) in [6, 6.07) is 0.469. The molecule has 0 aromatic carbocycles. The van der Waals surface area contributed by atoms with Crippen LogP contribution in [0.15, 0.2) is 4.99 Å². The van der Waals surface area contributed by atoms with Crippen LogP contribution in [0.1, 0.15) is 33.6 Å². The number of guanidine groups is 1. The first kappa shape index (κ1) is 22.6. The Kier molecular flexibility index (Phi) is 17.7. The summed E-state index contributed by atoms with van der Waals surface area (Å²) in [5.41, 5.74) is 0. The van der Waals surface area contributed by atoms with E-state index in [-0.39, 0.29) is 24.0 Å². The van der Waals surface area contributed by atoms with Crippen molar-refractivity contribution >= 4 is 41.7 Å². The van der Waals surface area contributed by atoms with Gasteiger partial charge in [-0.05, 0) is 45.7 Å². The number of hydrogen-bond donors (Lipinski definition) is 2. The van der Waals surface area contributed by atoms with Crippen molar-refractivity contribution in [2.24, 2.45) is 4.99 Å². The van der Waals surface area contributed by atoms with Crippen molar-refractivity contribution in [3.8, 4) is 0 Å². The summed E-state index contributed by atoms with van der Waals surface area (Å²) in [6.07, 6.45) is 4.53. The summed E-state index contributed by atoms with van der Waals surface area (Å²) in [5, 5.41) is 6.78. The zero-order valence-corrected chi connectivity index (χ0v) is 16.9. The number of rotatable bonds is 10. The highest BCUT2D eigenvalue weighted by Crippen LogP contribution is 1.99. The van der Waals surface area contributed by atoms with Gasteiger partial charge in [0.1, 0.15) is 0 Å². The molecule has 0 aliphatic heterocycles. The van der Waals surface area contributed by atoms with Crippen LogP contribution < -0.4 is 10.6 Å². The maximum atomic E-state index is 4.25. The van der Waals surface area contributed by atoms with E-state index in [1.165, 1.54) is 19.4 Å². The Bertz CT molecular complexity index is 235. The zero-order chi connectivity index (χ0) is 14.5. The molecule has 1 unspecified atom stereocenters. The van der Waals surface area contributed by atoms with E-state index in [4.69, 9.17) is 0 Å². The molecule has 2 N–H and O–H groups in total. The van der Waals surface area contributed by atoms with Gasteiger partial charge in [0.05, 0.1) is 0 Å². The van der Waals surface area contributed by atoms with Gasteiger partial charge in [-0.1, -0.05) is 13.8 Å². The second-order valence-electron chi connectivity index (χ2n) is 4.71. The first-order valence-corrected chi connectivity index (χ1v) is 8.75. The summed E-state index contributed by atoms with van der Waals surface area (Å²) >= 11 is 1.84. The van der Waals surface area contributed by atoms with Gasteiger partial charge < -0.3 is 15.5 Å². The van der Waals surface area contributed by atoms with E-state index in [9.17, 15) is 0 Å². The molecular formula is C14H33IN4S. The molecule has 0 fully saturated rings. The third-order valence-electron chi connectivity index (χ3n) is 3.21. The van der Waals surface area contributed by atoms with Gasteiger partial charge in [-0.2, -0.15) is 11.8 Å². The third-order valence-corrected chi connectivity index (χ3v) is 3.82. The molecule has 0 amide bonds. The first-order valence-electron chi connectivity index (χ1n) is 7.36. The van der Waals surface area contributed by atoms with Crippen molar-refractivity contribution in [3.05, 3.63) is 0 Å². The lowest BCUT2D eigenvalue weighted by molar-refractivity contribution is 0.292. The number of nitrogens with zero attached hydrogens (tertiary/aromatic N) is 2. The lowest BCUT2D eigenvalue weighted by atomic mass is 10.2. The summed E-state index contributed by atoms with van der Waals surface area (Å²) in [5.74, 6) is 2.03. The summed E-state index contributed by atoms with van der Waals surface area (Å²) in [4.78, 5) is 6.72. The Balaban J connectivity index is 0. The number of halogens is 1. The van der Waals surface area contributed by atoms with Crippen molar-refractivity contribution in [2.75, 3.05) is 45.2 Å². The molecule has 6 heteroatoms. The lowest BCUT2D eigenvalue weighted by Gasteiger charge is -2.21. The second kappa shape index (κ2) is 15.7. The highest BCUT2D eigenvalue weighted by atomic mass is 127. The maximum absolute atomic E-state index is 4.25. The molecule has 0 aromatic heterocycles. The average molecular weight is 416 g/mol.